The second-order valence-corrected chi connectivity index (χ2v) is 6.53. The molecule has 0 bridgehead atoms. The summed E-state index contributed by atoms with van der Waals surface area (Å²) in [6, 6.07) is 1.45. The third kappa shape index (κ3) is 5.27. The molecule has 2 nitrogen and oxygen atoms in total. The van der Waals surface area contributed by atoms with E-state index in [9.17, 15) is 0 Å². The molecule has 2 fully saturated rings. The average Bonchev–Trinajstić information content (AvgIpc) is 2.74. The Labute approximate surface area is 113 Å². The van der Waals surface area contributed by atoms with Gasteiger partial charge in [-0.1, -0.05) is 38.5 Å². The molecule has 0 spiro atoms. The standard InChI is InChI=1S/C16H32N2/c1-14(13-16-9-3-2-6-11-18-16)17-12-10-15-7-4-5-8-15/h14-18H,2-13H2,1H3. The highest BCUT2D eigenvalue weighted by Crippen LogP contribution is 2.27. The molecule has 1 heterocycles. The summed E-state index contributed by atoms with van der Waals surface area (Å²) in [5.74, 6) is 1.03. The van der Waals surface area contributed by atoms with Crippen molar-refractivity contribution in [3.63, 3.8) is 0 Å². The molecule has 2 unspecified atom stereocenters. The summed E-state index contributed by atoms with van der Waals surface area (Å²) in [4.78, 5) is 0. The summed E-state index contributed by atoms with van der Waals surface area (Å²) >= 11 is 0. The Morgan fingerprint density at radius 3 is 2.67 bits per heavy atom. The molecule has 18 heavy (non-hydrogen) atoms. The first-order valence-corrected chi connectivity index (χ1v) is 8.31. The van der Waals surface area contributed by atoms with Crippen LogP contribution in [0.1, 0.15) is 71.1 Å². The highest BCUT2D eigenvalue weighted by Gasteiger charge is 2.16. The molecule has 106 valence electrons. The Bertz CT molecular complexity index is 203. The fourth-order valence-electron chi connectivity index (χ4n) is 3.64. The molecule has 0 radical (unpaired) electrons. The molecule has 0 aromatic rings. The quantitative estimate of drug-likeness (QED) is 0.756. The van der Waals surface area contributed by atoms with Gasteiger partial charge in [0.05, 0.1) is 0 Å². The normalized spacial score (nSPS) is 28.2. The zero-order valence-corrected chi connectivity index (χ0v) is 12.2. The van der Waals surface area contributed by atoms with Crippen molar-refractivity contribution in [1.29, 1.82) is 0 Å². The minimum atomic E-state index is 0.682. The van der Waals surface area contributed by atoms with Gasteiger partial charge in [-0.05, 0) is 51.6 Å². The van der Waals surface area contributed by atoms with Gasteiger partial charge in [0, 0.05) is 12.1 Å². The molecule has 1 aliphatic carbocycles. The molecule has 1 saturated carbocycles. The van der Waals surface area contributed by atoms with Crippen LogP contribution < -0.4 is 10.6 Å². The molecular formula is C16H32N2. The minimum Gasteiger partial charge on any atom is -0.314 e. The van der Waals surface area contributed by atoms with Gasteiger partial charge >= 0.3 is 0 Å². The molecule has 2 heteroatoms. The van der Waals surface area contributed by atoms with E-state index in [0.29, 0.717) is 6.04 Å². The van der Waals surface area contributed by atoms with Crippen LogP contribution in [-0.4, -0.2) is 25.2 Å². The van der Waals surface area contributed by atoms with E-state index < -0.39 is 0 Å². The van der Waals surface area contributed by atoms with E-state index in [0.717, 1.165) is 12.0 Å². The monoisotopic (exact) mass is 252 g/mol. The van der Waals surface area contributed by atoms with Gasteiger partial charge in [0.15, 0.2) is 0 Å². The van der Waals surface area contributed by atoms with E-state index in [1.54, 1.807) is 0 Å². The molecule has 2 N–H and O–H groups in total. The lowest BCUT2D eigenvalue weighted by molar-refractivity contribution is 0.386. The molecule has 0 aromatic carbocycles. The van der Waals surface area contributed by atoms with Crippen LogP contribution in [-0.2, 0) is 0 Å². The van der Waals surface area contributed by atoms with Crippen LogP contribution in [0.5, 0.6) is 0 Å². The van der Waals surface area contributed by atoms with E-state index in [1.807, 2.05) is 0 Å². The fourth-order valence-corrected chi connectivity index (χ4v) is 3.64. The zero-order valence-electron chi connectivity index (χ0n) is 12.2. The highest BCUT2D eigenvalue weighted by atomic mass is 14.9. The molecular weight excluding hydrogens is 220 g/mol. The van der Waals surface area contributed by atoms with Crippen LogP contribution >= 0.6 is 0 Å². The molecule has 2 aliphatic rings. The second-order valence-electron chi connectivity index (χ2n) is 6.53. The summed E-state index contributed by atoms with van der Waals surface area (Å²) in [5.41, 5.74) is 0. The Balaban J connectivity index is 1.54. The SMILES string of the molecule is CC(CC1CCCCCN1)NCCC1CCCC1. The Morgan fingerprint density at radius 2 is 1.83 bits per heavy atom. The van der Waals surface area contributed by atoms with Gasteiger partial charge in [0.2, 0.25) is 0 Å². The number of hydrogen-bond donors (Lipinski definition) is 2. The summed E-state index contributed by atoms with van der Waals surface area (Å²) in [6.07, 6.45) is 14.3. The van der Waals surface area contributed by atoms with Gasteiger partial charge in [0.25, 0.3) is 0 Å². The molecule has 2 atom stereocenters. The predicted molar refractivity (Wildman–Crippen MR) is 78.9 cm³/mol. The molecule has 1 aliphatic heterocycles. The van der Waals surface area contributed by atoms with Crippen molar-refractivity contribution in [2.45, 2.75) is 83.2 Å². The van der Waals surface area contributed by atoms with Gasteiger partial charge in [-0.2, -0.15) is 0 Å². The smallest absolute Gasteiger partial charge is 0.00817 e. The molecule has 1 saturated heterocycles. The van der Waals surface area contributed by atoms with Gasteiger partial charge in [0.1, 0.15) is 0 Å². The van der Waals surface area contributed by atoms with Crippen molar-refractivity contribution >= 4 is 0 Å². The second kappa shape index (κ2) is 8.16. The van der Waals surface area contributed by atoms with Crippen LogP contribution in [0, 0.1) is 5.92 Å². The predicted octanol–water partition coefficient (Wildman–Crippen LogP) is 3.47. The molecule has 0 amide bonds. The summed E-state index contributed by atoms with van der Waals surface area (Å²) in [7, 11) is 0. The summed E-state index contributed by atoms with van der Waals surface area (Å²) in [6.45, 7) is 4.83. The van der Waals surface area contributed by atoms with E-state index in [-0.39, 0.29) is 0 Å². The van der Waals surface area contributed by atoms with E-state index in [2.05, 4.69) is 17.6 Å². The van der Waals surface area contributed by atoms with Crippen LogP contribution in [0.4, 0.5) is 0 Å². The lowest BCUT2D eigenvalue weighted by Crippen LogP contribution is -2.37. The van der Waals surface area contributed by atoms with E-state index >= 15 is 0 Å². The Hall–Kier alpha value is -0.0800. The lowest BCUT2D eigenvalue weighted by atomic mass is 10.0. The van der Waals surface area contributed by atoms with Crippen molar-refractivity contribution in [1.82, 2.24) is 10.6 Å². The number of nitrogens with one attached hydrogen (secondary N) is 2. The molecule has 2 rings (SSSR count). The first kappa shape index (κ1) is 14.3. The third-order valence-corrected chi connectivity index (χ3v) is 4.82. The van der Waals surface area contributed by atoms with Crippen LogP contribution in [0.25, 0.3) is 0 Å². The maximum absolute atomic E-state index is 3.74. The van der Waals surface area contributed by atoms with Gasteiger partial charge < -0.3 is 10.6 Å². The first-order chi connectivity index (χ1) is 8.84. The van der Waals surface area contributed by atoms with Gasteiger partial charge in [-0.15, -0.1) is 0 Å². The zero-order chi connectivity index (χ0) is 12.6. The summed E-state index contributed by atoms with van der Waals surface area (Å²) in [5, 5.41) is 7.44. The van der Waals surface area contributed by atoms with Crippen molar-refractivity contribution in [3.05, 3.63) is 0 Å². The Morgan fingerprint density at radius 1 is 1.06 bits per heavy atom. The fraction of sp³-hybridized carbons (Fsp3) is 1.00. The number of hydrogen-bond acceptors (Lipinski definition) is 2. The van der Waals surface area contributed by atoms with Crippen LogP contribution in [0.2, 0.25) is 0 Å². The third-order valence-electron chi connectivity index (χ3n) is 4.82. The topological polar surface area (TPSA) is 24.1 Å². The minimum absolute atomic E-state index is 0.682. The number of rotatable bonds is 6. The molecule has 0 aromatic heterocycles. The van der Waals surface area contributed by atoms with Crippen LogP contribution in [0.15, 0.2) is 0 Å². The van der Waals surface area contributed by atoms with Crippen molar-refractivity contribution in [2.24, 2.45) is 5.92 Å². The van der Waals surface area contributed by atoms with E-state index in [4.69, 9.17) is 0 Å². The first-order valence-electron chi connectivity index (χ1n) is 8.31. The maximum Gasteiger partial charge on any atom is 0.00817 e. The maximum atomic E-state index is 3.74. The van der Waals surface area contributed by atoms with E-state index in [1.165, 1.54) is 77.3 Å². The van der Waals surface area contributed by atoms with Crippen molar-refractivity contribution in [2.75, 3.05) is 13.1 Å². The van der Waals surface area contributed by atoms with Crippen molar-refractivity contribution in [3.8, 4) is 0 Å². The Kier molecular flexibility index (Phi) is 6.50. The largest absolute Gasteiger partial charge is 0.314 e. The lowest BCUT2D eigenvalue weighted by Gasteiger charge is -2.22. The van der Waals surface area contributed by atoms with Gasteiger partial charge in [-0.3, -0.25) is 0 Å². The summed E-state index contributed by atoms with van der Waals surface area (Å²) < 4.78 is 0. The van der Waals surface area contributed by atoms with Crippen molar-refractivity contribution < 1.29 is 0 Å². The average molecular weight is 252 g/mol. The van der Waals surface area contributed by atoms with Gasteiger partial charge in [-0.25, -0.2) is 0 Å². The van der Waals surface area contributed by atoms with Crippen LogP contribution in [0.3, 0.4) is 0 Å². The highest BCUT2D eigenvalue weighted by molar-refractivity contribution is 4.76.